The summed E-state index contributed by atoms with van der Waals surface area (Å²) >= 11 is 1.41. The molecule has 0 radical (unpaired) electrons. The van der Waals surface area contributed by atoms with Gasteiger partial charge in [0.2, 0.25) is 0 Å². The summed E-state index contributed by atoms with van der Waals surface area (Å²) in [6.45, 7) is 3.88. The van der Waals surface area contributed by atoms with Gasteiger partial charge in [0.05, 0.1) is 29.0 Å². The van der Waals surface area contributed by atoms with E-state index >= 15 is 0 Å². The summed E-state index contributed by atoms with van der Waals surface area (Å²) < 4.78 is 31.2. The number of carbonyl (C=O) groups is 1. The van der Waals surface area contributed by atoms with Crippen LogP contribution in [0.2, 0.25) is 0 Å². The van der Waals surface area contributed by atoms with Crippen LogP contribution in [0.5, 0.6) is 5.75 Å². The highest BCUT2D eigenvalue weighted by Crippen LogP contribution is 2.37. The number of anilines is 1. The fraction of sp³-hybridized carbons (Fsp3) is 0.200. The minimum Gasteiger partial charge on any atom is -0.494 e. The van der Waals surface area contributed by atoms with Gasteiger partial charge in [-0.1, -0.05) is 60.7 Å². The molecule has 6 nitrogen and oxygen atoms in total. The minimum atomic E-state index is -3.44. The average Bonchev–Trinajstić information content (AvgIpc) is 3.29. The molecule has 0 unspecified atom stereocenters. The number of fused-ring (bicyclic) bond motifs is 1. The van der Waals surface area contributed by atoms with Crippen molar-refractivity contribution >= 4 is 42.4 Å². The lowest BCUT2D eigenvalue weighted by Crippen LogP contribution is -2.30. The Hall–Kier alpha value is -3.23. The number of aryl methyl sites for hydroxylation is 1. The highest BCUT2D eigenvalue weighted by molar-refractivity contribution is 7.91. The van der Waals surface area contributed by atoms with E-state index in [1.54, 1.807) is 31.1 Å². The van der Waals surface area contributed by atoms with Crippen molar-refractivity contribution < 1.29 is 17.9 Å². The Balaban J connectivity index is 1.83. The highest BCUT2D eigenvalue weighted by atomic mass is 32.2. The van der Waals surface area contributed by atoms with Crippen molar-refractivity contribution in [2.24, 2.45) is 0 Å². The first-order valence-corrected chi connectivity index (χ1v) is 12.9. The third-order valence-corrected chi connectivity index (χ3v) is 8.34. The maximum Gasteiger partial charge on any atom is 0.260 e. The van der Waals surface area contributed by atoms with E-state index < -0.39 is 9.84 Å². The second kappa shape index (κ2) is 9.33. The second-order valence-electron chi connectivity index (χ2n) is 7.57. The third-order valence-electron chi connectivity index (χ3n) is 5.39. The van der Waals surface area contributed by atoms with Crippen molar-refractivity contribution in [3.05, 3.63) is 83.4 Å². The molecule has 0 N–H and O–H groups in total. The molecule has 3 aromatic carbocycles. The molecule has 0 atom stereocenters. The summed E-state index contributed by atoms with van der Waals surface area (Å²) in [7, 11) is -1.85. The van der Waals surface area contributed by atoms with Crippen LogP contribution in [-0.2, 0) is 16.4 Å². The molecule has 4 aromatic rings. The highest BCUT2D eigenvalue weighted by Gasteiger charge is 2.24. The fourth-order valence-corrected chi connectivity index (χ4v) is 5.49. The molecule has 0 aliphatic carbocycles. The molecule has 0 saturated carbocycles. The molecular formula is C25H24N2O4S2. The van der Waals surface area contributed by atoms with Gasteiger partial charge in [-0.05, 0) is 42.3 Å². The van der Waals surface area contributed by atoms with Crippen LogP contribution in [0, 0.1) is 6.92 Å². The van der Waals surface area contributed by atoms with Crippen LogP contribution in [0.3, 0.4) is 0 Å². The Kier molecular flexibility index (Phi) is 6.49. The van der Waals surface area contributed by atoms with Gasteiger partial charge in [0, 0.05) is 5.56 Å². The summed E-state index contributed by atoms with van der Waals surface area (Å²) in [5, 5.41) is 0.523. The van der Waals surface area contributed by atoms with Gasteiger partial charge in [0.1, 0.15) is 11.3 Å². The number of hydrogen-bond donors (Lipinski definition) is 0. The monoisotopic (exact) mass is 480 g/mol. The number of rotatable bonds is 7. The summed E-state index contributed by atoms with van der Waals surface area (Å²) in [6, 6.07) is 19.7. The Morgan fingerprint density at radius 2 is 1.82 bits per heavy atom. The summed E-state index contributed by atoms with van der Waals surface area (Å²) in [5.74, 6) is 0.291. The summed E-state index contributed by atoms with van der Waals surface area (Å²) in [6.07, 6.45) is 0. The van der Waals surface area contributed by atoms with Gasteiger partial charge in [-0.2, -0.15) is 0 Å². The number of hydrogen-bond acceptors (Lipinski definition) is 6. The smallest absolute Gasteiger partial charge is 0.260 e. The zero-order valence-electron chi connectivity index (χ0n) is 18.6. The summed E-state index contributed by atoms with van der Waals surface area (Å²) in [4.78, 5) is 20.2. The lowest BCUT2D eigenvalue weighted by molar-refractivity contribution is 0.0985. The number of methoxy groups -OCH3 is 1. The van der Waals surface area contributed by atoms with E-state index in [4.69, 9.17) is 9.72 Å². The van der Waals surface area contributed by atoms with Crippen LogP contribution in [0.25, 0.3) is 10.2 Å². The van der Waals surface area contributed by atoms with E-state index in [2.05, 4.69) is 0 Å². The Morgan fingerprint density at radius 1 is 1.06 bits per heavy atom. The van der Waals surface area contributed by atoms with Crippen molar-refractivity contribution in [2.75, 3.05) is 17.8 Å². The van der Waals surface area contributed by atoms with Crippen LogP contribution >= 0.6 is 11.3 Å². The number of thiazole rings is 1. The molecule has 0 aliphatic heterocycles. The second-order valence-corrected chi connectivity index (χ2v) is 10.8. The van der Waals surface area contributed by atoms with E-state index in [-0.39, 0.29) is 16.6 Å². The largest absolute Gasteiger partial charge is 0.494 e. The predicted molar refractivity (Wildman–Crippen MR) is 132 cm³/mol. The van der Waals surface area contributed by atoms with E-state index in [1.807, 2.05) is 49.4 Å². The summed E-state index contributed by atoms with van der Waals surface area (Å²) in [5.41, 5.74) is 2.97. The quantitative estimate of drug-likeness (QED) is 0.361. The molecule has 1 heterocycles. The number of carbonyl (C=O) groups excluding carboxylic acids is 1. The molecule has 4 rings (SSSR count). The molecule has 0 bridgehead atoms. The zero-order chi connectivity index (χ0) is 23.6. The fourth-order valence-electron chi connectivity index (χ4n) is 3.52. The van der Waals surface area contributed by atoms with Gasteiger partial charge in [-0.25, -0.2) is 13.4 Å². The van der Waals surface area contributed by atoms with Gasteiger partial charge < -0.3 is 4.74 Å². The average molecular weight is 481 g/mol. The van der Waals surface area contributed by atoms with E-state index in [0.717, 1.165) is 15.8 Å². The molecule has 0 fully saturated rings. The van der Waals surface area contributed by atoms with Crippen LogP contribution in [-0.4, -0.2) is 32.2 Å². The Bertz CT molecular complexity index is 1410. The molecule has 1 aromatic heterocycles. The first-order valence-electron chi connectivity index (χ1n) is 10.5. The van der Waals surface area contributed by atoms with Gasteiger partial charge in [0.15, 0.2) is 15.0 Å². The van der Waals surface area contributed by atoms with Crippen LogP contribution < -0.4 is 9.64 Å². The topological polar surface area (TPSA) is 76.6 Å². The number of aromatic nitrogens is 1. The molecular weight excluding hydrogens is 456 g/mol. The standard InChI is InChI=1S/C25H24N2O4S2/c1-4-33(29,30)20-12-8-11-19(15-20)24(28)27(16-18-9-6-5-7-10-18)25-26-22-21(31-3)14-13-17(2)23(22)32-25/h5-15H,4,16H2,1-3H3. The van der Waals surface area contributed by atoms with Crippen molar-refractivity contribution in [3.63, 3.8) is 0 Å². The first-order chi connectivity index (χ1) is 15.8. The SMILES string of the molecule is CCS(=O)(=O)c1cccc(C(=O)N(Cc2ccccc2)c2nc3c(OC)ccc(C)c3s2)c1. The molecule has 8 heteroatoms. The number of sulfone groups is 1. The maximum atomic E-state index is 13.7. The van der Waals surface area contributed by atoms with Gasteiger partial charge in [-0.15, -0.1) is 0 Å². The number of ether oxygens (including phenoxy) is 1. The van der Waals surface area contributed by atoms with Gasteiger partial charge >= 0.3 is 0 Å². The maximum absolute atomic E-state index is 13.7. The lowest BCUT2D eigenvalue weighted by atomic mass is 10.1. The third kappa shape index (κ3) is 4.62. The molecule has 170 valence electrons. The van der Waals surface area contributed by atoms with E-state index in [0.29, 0.717) is 28.5 Å². The van der Waals surface area contributed by atoms with Gasteiger partial charge in [-0.3, -0.25) is 9.69 Å². The molecule has 0 spiro atoms. The predicted octanol–water partition coefficient (Wildman–Crippen LogP) is 5.25. The molecule has 33 heavy (non-hydrogen) atoms. The van der Waals surface area contributed by atoms with Crippen LogP contribution in [0.1, 0.15) is 28.4 Å². The Labute approximate surface area is 197 Å². The van der Waals surface area contributed by atoms with Gasteiger partial charge in [0.25, 0.3) is 5.91 Å². The lowest BCUT2D eigenvalue weighted by Gasteiger charge is -2.20. The number of benzene rings is 3. The van der Waals surface area contributed by atoms with Crippen LogP contribution in [0.15, 0.2) is 71.6 Å². The first kappa shape index (κ1) is 22.9. The van der Waals surface area contributed by atoms with E-state index in [9.17, 15) is 13.2 Å². The van der Waals surface area contributed by atoms with Crippen molar-refractivity contribution in [2.45, 2.75) is 25.3 Å². The molecule has 0 saturated heterocycles. The molecule has 1 amide bonds. The normalized spacial score (nSPS) is 11.5. The van der Waals surface area contributed by atoms with Crippen molar-refractivity contribution in [1.29, 1.82) is 0 Å². The Morgan fingerprint density at radius 3 is 2.52 bits per heavy atom. The van der Waals surface area contributed by atoms with Crippen LogP contribution in [0.4, 0.5) is 5.13 Å². The zero-order valence-corrected chi connectivity index (χ0v) is 20.2. The van der Waals surface area contributed by atoms with E-state index in [1.165, 1.54) is 23.5 Å². The minimum absolute atomic E-state index is 0.0324. The van der Waals surface area contributed by atoms with Crippen molar-refractivity contribution in [1.82, 2.24) is 4.98 Å². The number of amides is 1. The number of nitrogens with zero attached hydrogens (tertiary/aromatic N) is 2. The van der Waals surface area contributed by atoms with Crippen molar-refractivity contribution in [3.8, 4) is 5.75 Å². The molecule has 0 aliphatic rings.